The topological polar surface area (TPSA) is 121 Å². The Morgan fingerprint density at radius 1 is 1.42 bits per heavy atom. The molecular weight excluding hydrogens is 264 g/mol. The van der Waals surface area contributed by atoms with Gasteiger partial charge < -0.3 is 10.7 Å². The molecule has 0 radical (unpaired) electrons. The first-order valence-corrected chi connectivity index (χ1v) is 6.22. The van der Waals surface area contributed by atoms with Crippen LogP contribution >= 0.6 is 11.8 Å². The van der Waals surface area contributed by atoms with E-state index in [1.54, 1.807) is 6.92 Å². The SMILES string of the molecule is Cc1nnc(Sc2nccc(=O)[nH]2)c(C(=N)N)c1C. The van der Waals surface area contributed by atoms with Gasteiger partial charge in [-0.1, -0.05) is 0 Å². The third-order valence-corrected chi connectivity index (χ3v) is 3.41. The number of amidine groups is 1. The standard InChI is InChI=1S/C11H12N6OS/c1-5-6(2)16-17-10(8(5)9(12)13)19-11-14-4-3-7(18)15-11/h3-4H,1-2H3,(H3,12,13)(H,14,15,18). The Balaban J connectivity index is 2.49. The maximum Gasteiger partial charge on any atom is 0.251 e. The van der Waals surface area contributed by atoms with Gasteiger partial charge in [-0.2, -0.15) is 5.10 Å². The molecule has 2 aromatic rings. The second-order valence-corrected chi connectivity index (χ2v) is 4.82. The van der Waals surface area contributed by atoms with Crippen molar-refractivity contribution in [3.63, 3.8) is 0 Å². The lowest BCUT2D eigenvalue weighted by Gasteiger charge is -2.10. The van der Waals surface area contributed by atoms with E-state index >= 15 is 0 Å². The van der Waals surface area contributed by atoms with Crippen molar-refractivity contribution in [2.24, 2.45) is 5.73 Å². The quantitative estimate of drug-likeness (QED) is 0.429. The molecule has 0 unspecified atom stereocenters. The summed E-state index contributed by atoms with van der Waals surface area (Å²) in [5.41, 5.74) is 7.35. The van der Waals surface area contributed by atoms with Crippen LogP contribution in [0.15, 0.2) is 27.2 Å². The molecule has 2 aromatic heterocycles. The lowest BCUT2D eigenvalue weighted by atomic mass is 10.1. The van der Waals surface area contributed by atoms with E-state index in [1.165, 1.54) is 12.3 Å². The van der Waals surface area contributed by atoms with E-state index in [4.69, 9.17) is 11.1 Å². The van der Waals surface area contributed by atoms with Crippen LogP contribution in [-0.2, 0) is 0 Å². The number of nitrogens with zero attached hydrogens (tertiary/aromatic N) is 3. The zero-order valence-electron chi connectivity index (χ0n) is 10.4. The van der Waals surface area contributed by atoms with Crippen LogP contribution < -0.4 is 11.3 Å². The van der Waals surface area contributed by atoms with Crippen molar-refractivity contribution in [2.75, 3.05) is 0 Å². The van der Waals surface area contributed by atoms with Crippen LogP contribution in [0.3, 0.4) is 0 Å². The molecule has 98 valence electrons. The van der Waals surface area contributed by atoms with Gasteiger partial charge >= 0.3 is 0 Å². The van der Waals surface area contributed by atoms with Gasteiger partial charge in [0.2, 0.25) is 0 Å². The number of nitrogens with two attached hydrogens (primary N) is 1. The Kier molecular flexibility index (Phi) is 3.61. The zero-order valence-corrected chi connectivity index (χ0v) is 11.2. The molecule has 8 heteroatoms. The molecule has 2 rings (SSSR count). The second-order valence-electron chi connectivity index (χ2n) is 3.85. The van der Waals surface area contributed by atoms with Gasteiger partial charge in [-0.3, -0.25) is 10.2 Å². The van der Waals surface area contributed by atoms with Crippen LogP contribution in [0, 0.1) is 19.3 Å². The average Bonchev–Trinajstić information content (AvgIpc) is 2.33. The van der Waals surface area contributed by atoms with Crippen molar-refractivity contribution in [3.8, 4) is 0 Å². The minimum atomic E-state index is -0.251. The third-order valence-electron chi connectivity index (χ3n) is 2.53. The number of aromatic amines is 1. The number of aromatic nitrogens is 4. The van der Waals surface area contributed by atoms with Gasteiger partial charge in [0.25, 0.3) is 5.56 Å². The minimum Gasteiger partial charge on any atom is -0.384 e. The lowest BCUT2D eigenvalue weighted by molar-refractivity contribution is 0.862. The Morgan fingerprint density at radius 3 is 2.79 bits per heavy atom. The molecule has 7 nitrogen and oxygen atoms in total. The van der Waals surface area contributed by atoms with Crippen LogP contribution in [-0.4, -0.2) is 26.0 Å². The van der Waals surface area contributed by atoms with Crippen LogP contribution in [0.2, 0.25) is 0 Å². The Bertz CT molecular complexity index is 696. The number of hydrogen-bond acceptors (Lipinski definition) is 6. The van der Waals surface area contributed by atoms with Crippen molar-refractivity contribution in [2.45, 2.75) is 24.0 Å². The van der Waals surface area contributed by atoms with E-state index in [2.05, 4.69) is 20.2 Å². The molecule has 0 aliphatic carbocycles. The predicted molar refractivity (Wildman–Crippen MR) is 71.5 cm³/mol. The summed E-state index contributed by atoms with van der Waals surface area (Å²) in [5.74, 6) is -0.0868. The van der Waals surface area contributed by atoms with Gasteiger partial charge in [0, 0.05) is 12.3 Å². The first kappa shape index (κ1) is 13.2. The fraction of sp³-hybridized carbons (Fsp3) is 0.182. The summed E-state index contributed by atoms with van der Waals surface area (Å²) < 4.78 is 0. The fourth-order valence-corrected chi connectivity index (χ4v) is 2.37. The van der Waals surface area contributed by atoms with Gasteiger partial charge in [-0.25, -0.2) is 4.98 Å². The lowest BCUT2D eigenvalue weighted by Crippen LogP contribution is -2.17. The third kappa shape index (κ3) is 2.79. The van der Waals surface area contributed by atoms with Crippen molar-refractivity contribution >= 4 is 17.6 Å². The highest BCUT2D eigenvalue weighted by Gasteiger charge is 2.15. The summed E-state index contributed by atoms with van der Waals surface area (Å²) in [4.78, 5) is 17.8. The van der Waals surface area contributed by atoms with Crippen LogP contribution in [0.25, 0.3) is 0 Å². The first-order chi connectivity index (χ1) is 8.99. The smallest absolute Gasteiger partial charge is 0.251 e. The van der Waals surface area contributed by atoms with Crippen LogP contribution in [0.4, 0.5) is 0 Å². The van der Waals surface area contributed by atoms with Gasteiger partial charge in [0.15, 0.2) is 5.16 Å². The first-order valence-electron chi connectivity index (χ1n) is 5.40. The largest absolute Gasteiger partial charge is 0.384 e. The molecule has 0 aliphatic heterocycles. The Morgan fingerprint density at radius 2 is 2.16 bits per heavy atom. The summed E-state index contributed by atoms with van der Waals surface area (Å²) in [5, 5.41) is 16.5. The van der Waals surface area contributed by atoms with E-state index in [9.17, 15) is 4.79 Å². The normalized spacial score (nSPS) is 10.4. The fourth-order valence-electron chi connectivity index (χ4n) is 1.47. The summed E-state index contributed by atoms with van der Waals surface area (Å²) >= 11 is 1.12. The number of nitrogens with one attached hydrogen (secondary N) is 2. The number of aryl methyl sites for hydroxylation is 1. The van der Waals surface area contributed by atoms with E-state index in [0.717, 1.165) is 17.3 Å². The number of hydrogen-bond donors (Lipinski definition) is 3. The molecule has 0 aliphatic rings. The molecule has 0 spiro atoms. The van der Waals surface area contributed by atoms with Crippen molar-refractivity contribution in [1.29, 1.82) is 5.41 Å². The van der Waals surface area contributed by atoms with Crippen LogP contribution in [0.1, 0.15) is 16.8 Å². The van der Waals surface area contributed by atoms with Gasteiger partial charge in [-0.15, -0.1) is 5.10 Å². The monoisotopic (exact) mass is 276 g/mol. The minimum absolute atomic E-state index is 0.0868. The molecule has 0 bridgehead atoms. The molecule has 0 atom stereocenters. The Labute approximate surface area is 113 Å². The summed E-state index contributed by atoms with van der Waals surface area (Å²) in [6.07, 6.45) is 1.41. The molecule has 0 amide bonds. The molecule has 0 saturated carbocycles. The number of rotatable bonds is 3. The molecule has 0 aromatic carbocycles. The average molecular weight is 276 g/mol. The van der Waals surface area contributed by atoms with Crippen molar-refractivity contribution in [3.05, 3.63) is 39.4 Å². The van der Waals surface area contributed by atoms with Gasteiger partial charge in [0.1, 0.15) is 10.9 Å². The number of nitrogen functional groups attached to an aromatic ring is 1. The molecule has 19 heavy (non-hydrogen) atoms. The molecule has 2 heterocycles. The molecule has 0 saturated heterocycles. The highest BCUT2D eigenvalue weighted by Crippen LogP contribution is 2.27. The summed E-state index contributed by atoms with van der Waals surface area (Å²) in [6, 6.07) is 1.32. The number of H-pyrrole nitrogens is 1. The molecule has 0 fully saturated rings. The maximum atomic E-state index is 11.2. The molecular formula is C11H12N6OS. The van der Waals surface area contributed by atoms with E-state index in [0.29, 0.717) is 21.4 Å². The highest BCUT2D eigenvalue weighted by molar-refractivity contribution is 7.99. The predicted octanol–water partition coefficient (Wildman–Crippen LogP) is 0.612. The van der Waals surface area contributed by atoms with E-state index in [-0.39, 0.29) is 11.4 Å². The summed E-state index contributed by atoms with van der Waals surface area (Å²) in [7, 11) is 0. The van der Waals surface area contributed by atoms with Gasteiger partial charge in [0.05, 0.1) is 11.3 Å². The molecule has 4 N–H and O–H groups in total. The van der Waals surface area contributed by atoms with Crippen molar-refractivity contribution < 1.29 is 0 Å². The van der Waals surface area contributed by atoms with Crippen LogP contribution in [0.5, 0.6) is 0 Å². The Hall–Kier alpha value is -2.22. The van der Waals surface area contributed by atoms with Crippen molar-refractivity contribution in [1.82, 2.24) is 20.2 Å². The van der Waals surface area contributed by atoms with Gasteiger partial charge in [-0.05, 0) is 31.2 Å². The zero-order chi connectivity index (χ0) is 14.0. The summed E-state index contributed by atoms with van der Waals surface area (Å²) in [6.45, 7) is 3.62. The second kappa shape index (κ2) is 5.19. The van der Waals surface area contributed by atoms with E-state index < -0.39 is 0 Å². The maximum absolute atomic E-state index is 11.2. The van der Waals surface area contributed by atoms with E-state index in [1.807, 2.05) is 6.92 Å². The highest BCUT2D eigenvalue weighted by atomic mass is 32.2.